The first-order valence-electron chi connectivity index (χ1n) is 9.69. The summed E-state index contributed by atoms with van der Waals surface area (Å²) in [6.45, 7) is 1.19. The van der Waals surface area contributed by atoms with Crippen LogP contribution in [-0.2, 0) is 14.3 Å². The maximum absolute atomic E-state index is 11.3. The second kappa shape index (κ2) is 9.06. The monoisotopic (exact) mass is 453 g/mol. The van der Waals surface area contributed by atoms with Crippen molar-refractivity contribution in [3.63, 3.8) is 0 Å². The van der Waals surface area contributed by atoms with Gasteiger partial charge in [-0.3, -0.25) is 4.18 Å². The van der Waals surface area contributed by atoms with Gasteiger partial charge in [0.25, 0.3) is 10.1 Å². The van der Waals surface area contributed by atoms with Gasteiger partial charge in [0.15, 0.2) is 0 Å². The fraction of sp³-hybridized carbons (Fsp3) is 0.217. The molecule has 0 aliphatic carbocycles. The smallest absolute Gasteiger partial charge is 0.264 e. The summed E-state index contributed by atoms with van der Waals surface area (Å²) in [5.74, 6) is 6.89. The highest BCUT2D eigenvalue weighted by atomic mass is 35.5. The second-order valence-corrected chi connectivity index (χ2v) is 9.29. The number of hydrogen-bond donors (Lipinski definition) is 0. The third-order valence-electron chi connectivity index (χ3n) is 4.80. The van der Waals surface area contributed by atoms with E-state index in [1.54, 1.807) is 12.4 Å². The van der Waals surface area contributed by atoms with Crippen LogP contribution in [0.4, 0.5) is 5.82 Å². The Kier molecular flexibility index (Phi) is 6.23. The third kappa shape index (κ3) is 5.82. The Hall–Kier alpha value is -2.92. The fourth-order valence-electron chi connectivity index (χ4n) is 3.33. The second-order valence-electron chi connectivity index (χ2n) is 7.25. The summed E-state index contributed by atoms with van der Waals surface area (Å²) in [5, 5.41) is 0.700. The minimum Gasteiger partial charge on any atom is -0.354 e. The lowest BCUT2D eigenvalue weighted by atomic mass is 10.1. The summed E-state index contributed by atoms with van der Waals surface area (Å²) < 4.78 is 27.6. The Morgan fingerprint density at radius 3 is 2.42 bits per heavy atom. The number of nitrogens with zero attached hydrogens (tertiary/aromatic N) is 3. The molecular formula is C23H20ClN3O3S. The molecule has 0 saturated carbocycles. The summed E-state index contributed by atoms with van der Waals surface area (Å²) in [7, 11) is -3.45. The van der Waals surface area contributed by atoms with Gasteiger partial charge in [-0.2, -0.15) is 8.42 Å². The van der Waals surface area contributed by atoms with Crippen LogP contribution in [0.5, 0.6) is 0 Å². The summed E-state index contributed by atoms with van der Waals surface area (Å²) in [5.41, 5.74) is 3.48. The zero-order chi connectivity index (χ0) is 21.8. The van der Waals surface area contributed by atoms with Crippen molar-refractivity contribution >= 4 is 27.5 Å². The summed E-state index contributed by atoms with van der Waals surface area (Å²) in [6, 6.07) is 15.2. The van der Waals surface area contributed by atoms with Gasteiger partial charge < -0.3 is 4.90 Å². The standard InChI is InChI=1S/C23H20ClN3O3S/c1-31(28,29)30-22-12-13-27(16-22)23-11-3-17(14-26-23)2-9-21-10-6-19(15-25-21)18-4-7-20(24)8-5-18/h3-8,10-11,14-15,22H,12-13,16H2,1H3. The average molecular weight is 454 g/mol. The zero-order valence-corrected chi connectivity index (χ0v) is 18.4. The highest BCUT2D eigenvalue weighted by molar-refractivity contribution is 7.86. The molecule has 6 nitrogen and oxygen atoms in total. The molecule has 4 rings (SSSR count). The lowest BCUT2D eigenvalue weighted by Crippen LogP contribution is -2.25. The molecule has 0 radical (unpaired) electrons. The zero-order valence-electron chi connectivity index (χ0n) is 16.8. The number of aromatic nitrogens is 2. The molecule has 158 valence electrons. The van der Waals surface area contributed by atoms with E-state index in [4.69, 9.17) is 15.8 Å². The minimum atomic E-state index is -3.45. The molecule has 1 aromatic carbocycles. The van der Waals surface area contributed by atoms with Crippen LogP contribution in [0.2, 0.25) is 5.02 Å². The van der Waals surface area contributed by atoms with E-state index in [9.17, 15) is 8.42 Å². The molecule has 1 saturated heterocycles. The van der Waals surface area contributed by atoms with Crippen LogP contribution in [0.1, 0.15) is 17.7 Å². The van der Waals surface area contributed by atoms with Crippen molar-refractivity contribution in [2.45, 2.75) is 12.5 Å². The van der Waals surface area contributed by atoms with E-state index in [0.717, 1.165) is 28.8 Å². The lowest BCUT2D eigenvalue weighted by molar-refractivity contribution is 0.234. The highest BCUT2D eigenvalue weighted by Gasteiger charge is 2.26. The Bertz CT molecular complexity index is 1220. The van der Waals surface area contributed by atoms with E-state index in [-0.39, 0.29) is 6.10 Å². The van der Waals surface area contributed by atoms with Crippen molar-refractivity contribution in [2.75, 3.05) is 24.2 Å². The number of benzene rings is 1. The van der Waals surface area contributed by atoms with Gasteiger partial charge in [-0.15, -0.1) is 0 Å². The fourth-order valence-corrected chi connectivity index (χ4v) is 4.10. The first kappa shape index (κ1) is 21.3. The molecule has 1 unspecified atom stereocenters. The SMILES string of the molecule is CS(=O)(=O)OC1CCN(c2ccc(C#Cc3ccc(-c4ccc(Cl)cc4)cn3)cn2)C1. The van der Waals surface area contributed by atoms with E-state index in [0.29, 0.717) is 30.2 Å². The van der Waals surface area contributed by atoms with Gasteiger partial charge in [0.1, 0.15) is 11.5 Å². The quantitative estimate of drug-likeness (QED) is 0.442. The molecule has 3 heterocycles. The number of halogens is 1. The van der Waals surface area contributed by atoms with Crippen LogP contribution in [0.3, 0.4) is 0 Å². The van der Waals surface area contributed by atoms with Gasteiger partial charge in [0.2, 0.25) is 0 Å². The summed E-state index contributed by atoms with van der Waals surface area (Å²) in [6.07, 6.45) is 4.87. The van der Waals surface area contributed by atoms with E-state index in [1.165, 1.54) is 0 Å². The number of rotatable bonds is 4. The molecular weight excluding hydrogens is 434 g/mol. The average Bonchev–Trinajstić information content (AvgIpc) is 3.20. The predicted molar refractivity (Wildman–Crippen MR) is 121 cm³/mol. The summed E-state index contributed by atoms with van der Waals surface area (Å²) in [4.78, 5) is 10.9. The van der Waals surface area contributed by atoms with Crippen molar-refractivity contribution in [1.29, 1.82) is 0 Å². The first-order chi connectivity index (χ1) is 14.9. The first-order valence-corrected chi connectivity index (χ1v) is 11.9. The molecule has 0 spiro atoms. The largest absolute Gasteiger partial charge is 0.354 e. The topological polar surface area (TPSA) is 72.4 Å². The molecule has 1 atom stereocenters. The number of hydrogen-bond acceptors (Lipinski definition) is 6. The van der Waals surface area contributed by atoms with Crippen molar-refractivity contribution in [2.24, 2.45) is 0 Å². The Morgan fingerprint density at radius 1 is 1.00 bits per heavy atom. The molecule has 2 aromatic heterocycles. The van der Waals surface area contributed by atoms with Crippen molar-refractivity contribution < 1.29 is 12.6 Å². The Labute approximate surface area is 187 Å². The highest BCUT2D eigenvalue weighted by Crippen LogP contribution is 2.22. The van der Waals surface area contributed by atoms with Crippen molar-refractivity contribution in [3.8, 4) is 23.0 Å². The van der Waals surface area contributed by atoms with E-state index >= 15 is 0 Å². The van der Waals surface area contributed by atoms with E-state index in [1.807, 2.05) is 53.4 Å². The minimum absolute atomic E-state index is 0.335. The van der Waals surface area contributed by atoms with Crippen LogP contribution in [0.15, 0.2) is 60.9 Å². The van der Waals surface area contributed by atoms with E-state index < -0.39 is 10.1 Å². The number of anilines is 1. The maximum atomic E-state index is 11.3. The van der Waals surface area contributed by atoms with Gasteiger partial charge in [-0.1, -0.05) is 35.7 Å². The Morgan fingerprint density at radius 2 is 1.77 bits per heavy atom. The molecule has 3 aromatic rings. The van der Waals surface area contributed by atoms with Crippen molar-refractivity contribution in [1.82, 2.24) is 9.97 Å². The van der Waals surface area contributed by atoms with Gasteiger partial charge in [0, 0.05) is 41.6 Å². The van der Waals surface area contributed by atoms with Gasteiger partial charge in [-0.05, 0) is 48.2 Å². The van der Waals surface area contributed by atoms with Crippen LogP contribution in [-0.4, -0.2) is 43.8 Å². The van der Waals surface area contributed by atoms with Crippen molar-refractivity contribution in [3.05, 3.63) is 77.2 Å². The van der Waals surface area contributed by atoms with Gasteiger partial charge >= 0.3 is 0 Å². The molecule has 0 amide bonds. The predicted octanol–water partition coefficient (Wildman–Crippen LogP) is 3.75. The number of pyridine rings is 2. The maximum Gasteiger partial charge on any atom is 0.264 e. The Balaban J connectivity index is 1.39. The van der Waals surface area contributed by atoms with E-state index in [2.05, 4.69) is 21.8 Å². The van der Waals surface area contributed by atoms with Crippen LogP contribution in [0, 0.1) is 11.8 Å². The summed E-state index contributed by atoms with van der Waals surface area (Å²) >= 11 is 5.93. The normalized spacial score (nSPS) is 16.1. The molecule has 31 heavy (non-hydrogen) atoms. The molecule has 0 bridgehead atoms. The van der Waals surface area contributed by atoms with Gasteiger partial charge in [-0.25, -0.2) is 9.97 Å². The van der Waals surface area contributed by atoms with Crippen LogP contribution >= 0.6 is 11.6 Å². The molecule has 0 N–H and O–H groups in total. The lowest BCUT2D eigenvalue weighted by Gasteiger charge is -2.17. The molecule has 8 heteroatoms. The molecule has 1 aliphatic heterocycles. The van der Waals surface area contributed by atoms with Crippen LogP contribution in [0.25, 0.3) is 11.1 Å². The third-order valence-corrected chi connectivity index (χ3v) is 5.68. The molecule has 1 aliphatic rings. The van der Waals surface area contributed by atoms with Crippen LogP contribution < -0.4 is 4.90 Å². The molecule has 1 fully saturated rings. The van der Waals surface area contributed by atoms with Gasteiger partial charge in [0.05, 0.1) is 12.4 Å².